The minimum Gasteiger partial charge on any atom is -0.307 e. The molecule has 0 spiro atoms. The predicted octanol–water partition coefficient (Wildman–Crippen LogP) is 5.47. The van der Waals surface area contributed by atoms with Crippen LogP contribution in [0.4, 0.5) is 0 Å². The average molecular weight is 300 g/mol. The number of benzene rings is 1. The number of halogens is 2. The van der Waals surface area contributed by atoms with E-state index in [4.69, 9.17) is 23.2 Å². The predicted molar refractivity (Wildman–Crippen MR) is 84.0 cm³/mol. The van der Waals surface area contributed by atoms with E-state index in [-0.39, 0.29) is 6.04 Å². The van der Waals surface area contributed by atoms with Crippen LogP contribution in [0.1, 0.15) is 51.6 Å². The second kappa shape index (κ2) is 6.47. The molecule has 3 unspecified atom stereocenters. The third-order valence-corrected chi connectivity index (χ3v) is 4.98. The lowest BCUT2D eigenvalue weighted by Gasteiger charge is -2.37. The molecule has 1 aromatic rings. The summed E-state index contributed by atoms with van der Waals surface area (Å²) in [7, 11) is 0. The van der Waals surface area contributed by atoms with Gasteiger partial charge >= 0.3 is 0 Å². The highest BCUT2D eigenvalue weighted by Crippen LogP contribution is 2.32. The van der Waals surface area contributed by atoms with Crippen LogP contribution in [0.3, 0.4) is 0 Å². The van der Waals surface area contributed by atoms with Gasteiger partial charge in [0.2, 0.25) is 0 Å². The molecule has 1 aromatic carbocycles. The van der Waals surface area contributed by atoms with Crippen LogP contribution in [0, 0.1) is 11.8 Å². The first kappa shape index (κ1) is 15.2. The molecule has 1 saturated carbocycles. The van der Waals surface area contributed by atoms with Crippen LogP contribution in [0.2, 0.25) is 10.0 Å². The fraction of sp³-hybridized carbons (Fsp3) is 0.625. The fourth-order valence-electron chi connectivity index (χ4n) is 3.24. The Labute approximate surface area is 126 Å². The molecule has 0 saturated heterocycles. The molecule has 2 rings (SSSR count). The normalized spacial score (nSPS) is 29.2. The van der Waals surface area contributed by atoms with Crippen molar-refractivity contribution in [2.24, 2.45) is 11.8 Å². The average Bonchev–Trinajstić information content (AvgIpc) is 2.33. The van der Waals surface area contributed by atoms with Crippen molar-refractivity contribution in [3.8, 4) is 0 Å². The Morgan fingerprint density at radius 3 is 2.37 bits per heavy atom. The van der Waals surface area contributed by atoms with Crippen molar-refractivity contribution in [3.05, 3.63) is 33.8 Å². The molecule has 1 fully saturated rings. The van der Waals surface area contributed by atoms with Gasteiger partial charge in [-0.05, 0) is 49.3 Å². The molecule has 0 heterocycles. The summed E-state index contributed by atoms with van der Waals surface area (Å²) < 4.78 is 0. The third-order valence-electron chi connectivity index (χ3n) is 4.42. The van der Waals surface area contributed by atoms with Gasteiger partial charge < -0.3 is 5.32 Å². The maximum Gasteiger partial charge on any atom is 0.0468 e. The Bertz CT molecular complexity index is 423. The first-order chi connectivity index (χ1) is 8.99. The molecule has 106 valence electrons. The molecule has 1 N–H and O–H groups in total. The van der Waals surface area contributed by atoms with Crippen LogP contribution < -0.4 is 5.32 Å². The molecule has 1 nitrogen and oxygen atoms in total. The van der Waals surface area contributed by atoms with E-state index in [0.717, 1.165) is 22.4 Å². The van der Waals surface area contributed by atoms with E-state index in [1.807, 2.05) is 18.2 Å². The summed E-state index contributed by atoms with van der Waals surface area (Å²) in [6.45, 7) is 6.89. The Kier molecular flexibility index (Phi) is 5.16. The van der Waals surface area contributed by atoms with E-state index in [2.05, 4.69) is 26.1 Å². The smallest absolute Gasteiger partial charge is 0.0468 e. The molecular weight excluding hydrogens is 277 g/mol. The highest BCUT2D eigenvalue weighted by molar-refractivity contribution is 6.35. The molecule has 1 aliphatic carbocycles. The molecule has 0 amide bonds. The summed E-state index contributed by atoms with van der Waals surface area (Å²) in [4.78, 5) is 0. The van der Waals surface area contributed by atoms with Crippen molar-refractivity contribution in [2.45, 2.75) is 52.1 Å². The standard InChI is InChI=1S/C16H23Cl2N/c1-10-5-4-6-11(2)16(10)19-12(3)14-8-7-13(17)9-15(14)18/h7-12,16,19H,4-6H2,1-3H3. The van der Waals surface area contributed by atoms with Crippen molar-refractivity contribution in [3.63, 3.8) is 0 Å². The molecule has 19 heavy (non-hydrogen) atoms. The molecule has 0 radical (unpaired) electrons. The first-order valence-corrected chi connectivity index (χ1v) is 7.95. The van der Waals surface area contributed by atoms with E-state index in [0.29, 0.717) is 11.1 Å². The first-order valence-electron chi connectivity index (χ1n) is 7.20. The van der Waals surface area contributed by atoms with Crippen molar-refractivity contribution in [1.82, 2.24) is 5.32 Å². The van der Waals surface area contributed by atoms with Gasteiger partial charge in [0.15, 0.2) is 0 Å². The summed E-state index contributed by atoms with van der Waals surface area (Å²) in [5.74, 6) is 1.47. The van der Waals surface area contributed by atoms with E-state index >= 15 is 0 Å². The second-order valence-corrected chi connectivity index (χ2v) is 6.81. The van der Waals surface area contributed by atoms with Gasteiger partial charge in [-0.25, -0.2) is 0 Å². The maximum atomic E-state index is 6.29. The van der Waals surface area contributed by atoms with Crippen LogP contribution in [0.15, 0.2) is 18.2 Å². The number of hydrogen-bond donors (Lipinski definition) is 1. The van der Waals surface area contributed by atoms with E-state index in [1.54, 1.807) is 0 Å². The van der Waals surface area contributed by atoms with E-state index < -0.39 is 0 Å². The zero-order valence-electron chi connectivity index (χ0n) is 11.9. The summed E-state index contributed by atoms with van der Waals surface area (Å²) in [5, 5.41) is 5.22. The Hall–Kier alpha value is -0.240. The van der Waals surface area contributed by atoms with Gasteiger partial charge in [0.1, 0.15) is 0 Å². The molecule has 0 aromatic heterocycles. The number of rotatable bonds is 3. The van der Waals surface area contributed by atoms with Gasteiger partial charge in [0.25, 0.3) is 0 Å². The van der Waals surface area contributed by atoms with Crippen molar-refractivity contribution in [1.29, 1.82) is 0 Å². The highest BCUT2D eigenvalue weighted by atomic mass is 35.5. The van der Waals surface area contributed by atoms with Gasteiger partial charge in [-0.1, -0.05) is 49.5 Å². The maximum absolute atomic E-state index is 6.29. The summed E-state index contributed by atoms with van der Waals surface area (Å²) in [6.07, 6.45) is 4.00. The van der Waals surface area contributed by atoms with Gasteiger partial charge in [-0.15, -0.1) is 0 Å². The quantitative estimate of drug-likeness (QED) is 0.780. The molecular formula is C16H23Cl2N. The summed E-state index contributed by atoms with van der Waals surface area (Å²) in [6, 6.07) is 6.60. The van der Waals surface area contributed by atoms with Crippen LogP contribution in [-0.4, -0.2) is 6.04 Å². The summed E-state index contributed by atoms with van der Waals surface area (Å²) in [5.41, 5.74) is 1.14. The zero-order chi connectivity index (χ0) is 14.0. The van der Waals surface area contributed by atoms with Crippen LogP contribution in [-0.2, 0) is 0 Å². The lowest BCUT2D eigenvalue weighted by molar-refractivity contribution is 0.196. The van der Waals surface area contributed by atoms with Crippen molar-refractivity contribution in [2.75, 3.05) is 0 Å². The van der Waals surface area contributed by atoms with Crippen molar-refractivity contribution < 1.29 is 0 Å². The second-order valence-electron chi connectivity index (χ2n) is 5.97. The molecule has 3 heteroatoms. The zero-order valence-corrected chi connectivity index (χ0v) is 13.4. The Morgan fingerprint density at radius 2 is 1.79 bits per heavy atom. The molecule has 1 aliphatic rings. The number of hydrogen-bond acceptors (Lipinski definition) is 1. The van der Waals surface area contributed by atoms with Crippen LogP contribution in [0.25, 0.3) is 0 Å². The largest absolute Gasteiger partial charge is 0.307 e. The lowest BCUT2D eigenvalue weighted by Crippen LogP contribution is -2.43. The molecule has 3 atom stereocenters. The Balaban J connectivity index is 2.09. The van der Waals surface area contributed by atoms with E-state index in [1.165, 1.54) is 19.3 Å². The monoisotopic (exact) mass is 299 g/mol. The molecule has 0 bridgehead atoms. The lowest BCUT2D eigenvalue weighted by atomic mass is 9.78. The SMILES string of the molecule is CC(NC1C(C)CCCC1C)c1ccc(Cl)cc1Cl. The topological polar surface area (TPSA) is 12.0 Å². The Morgan fingerprint density at radius 1 is 1.16 bits per heavy atom. The van der Waals surface area contributed by atoms with Gasteiger partial charge in [-0.3, -0.25) is 0 Å². The summed E-state index contributed by atoms with van der Waals surface area (Å²) >= 11 is 12.2. The third kappa shape index (κ3) is 3.65. The van der Waals surface area contributed by atoms with Gasteiger partial charge in [0.05, 0.1) is 0 Å². The minimum atomic E-state index is 0.262. The minimum absolute atomic E-state index is 0.262. The van der Waals surface area contributed by atoms with Gasteiger partial charge in [-0.2, -0.15) is 0 Å². The van der Waals surface area contributed by atoms with Crippen molar-refractivity contribution >= 4 is 23.2 Å². The van der Waals surface area contributed by atoms with Crippen LogP contribution in [0.5, 0.6) is 0 Å². The fourth-order valence-corrected chi connectivity index (χ4v) is 3.81. The van der Waals surface area contributed by atoms with E-state index in [9.17, 15) is 0 Å². The van der Waals surface area contributed by atoms with Crippen LogP contribution >= 0.6 is 23.2 Å². The number of nitrogens with one attached hydrogen (secondary N) is 1. The van der Waals surface area contributed by atoms with Gasteiger partial charge in [0, 0.05) is 22.1 Å². The highest BCUT2D eigenvalue weighted by Gasteiger charge is 2.29. The molecule has 0 aliphatic heterocycles.